The lowest BCUT2D eigenvalue weighted by molar-refractivity contribution is -0.117. The van der Waals surface area contributed by atoms with E-state index in [2.05, 4.69) is 29.4 Å². The van der Waals surface area contributed by atoms with Gasteiger partial charge in [0, 0.05) is 10.9 Å². The van der Waals surface area contributed by atoms with Gasteiger partial charge in [0.15, 0.2) is 5.65 Å². The van der Waals surface area contributed by atoms with Crippen molar-refractivity contribution in [1.82, 2.24) is 19.4 Å². The van der Waals surface area contributed by atoms with Crippen LogP contribution in [-0.4, -0.2) is 30.6 Å². The van der Waals surface area contributed by atoms with Crippen LogP contribution in [0.25, 0.3) is 5.65 Å². The van der Waals surface area contributed by atoms with E-state index >= 15 is 0 Å². The molecule has 0 saturated carbocycles. The maximum absolute atomic E-state index is 12.5. The Balaban J connectivity index is 1.80. The fourth-order valence-corrected chi connectivity index (χ4v) is 3.44. The number of hydrogen-bond acceptors (Lipinski definition) is 5. The standard InChI is InChI=1S/C18H21N5O2S/c1-11(2)26-17-6-5-15-20-22(18(25)23(15)21-17)10-16(24)19-14-8-12(3)7-13(4)9-14/h5-9,11H,10H2,1-4H3,(H,19,24). The number of aryl methyl sites for hydroxylation is 2. The van der Waals surface area contributed by atoms with Crippen molar-refractivity contribution in [3.05, 3.63) is 51.9 Å². The van der Waals surface area contributed by atoms with Crippen molar-refractivity contribution in [2.75, 3.05) is 5.32 Å². The average Bonchev–Trinajstić information content (AvgIpc) is 2.82. The van der Waals surface area contributed by atoms with E-state index in [-0.39, 0.29) is 12.5 Å². The molecule has 0 radical (unpaired) electrons. The molecule has 0 aliphatic heterocycles. The zero-order valence-corrected chi connectivity index (χ0v) is 16.0. The summed E-state index contributed by atoms with van der Waals surface area (Å²) in [5.41, 5.74) is 2.82. The van der Waals surface area contributed by atoms with Crippen LogP contribution in [0.5, 0.6) is 0 Å². The second-order valence-corrected chi connectivity index (χ2v) is 8.07. The number of nitrogens with one attached hydrogen (secondary N) is 1. The molecular formula is C18H21N5O2S. The molecule has 0 unspecified atom stereocenters. The molecule has 0 spiro atoms. The molecule has 3 aromatic rings. The Morgan fingerprint density at radius 2 is 1.85 bits per heavy atom. The number of amides is 1. The maximum atomic E-state index is 12.5. The summed E-state index contributed by atoms with van der Waals surface area (Å²) in [7, 11) is 0. The van der Waals surface area contributed by atoms with E-state index in [0.29, 0.717) is 16.6 Å². The molecule has 0 fully saturated rings. The SMILES string of the molecule is Cc1cc(C)cc(NC(=O)Cn2nc3ccc(SC(C)C)nn3c2=O)c1. The first-order valence-corrected chi connectivity index (χ1v) is 9.21. The molecule has 7 nitrogen and oxygen atoms in total. The van der Waals surface area contributed by atoms with Crippen molar-refractivity contribution in [3.63, 3.8) is 0 Å². The number of carbonyl (C=O) groups excluding carboxylic acids is 1. The summed E-state index contributed by atoms with van der Waals surface area (Å²) in [5.74, 6) is -0.308. The van der Waals surface area contributed by atoms with E-state index in [0.717, 1.165) is 20.8 Å². The van der Waals surface area contributed by atoms with Crippen LogP contribution in [-0.2, 0) is 11.3 Å². The van der Waals surface area contributed by atoms with Crippen LogP contribution in [0.15, 0.2) is 40.2 Å². The van der Waals surface area contributed by atoms with Crippen molar-refractivity contribution in [3.8, 4) is 0 Å². The molecule has 0 atom stereocenters. The Hall–Kier alpha value is -2.61. The number of rotatable bonds is 5. The first kappa shape index (κ1) is 18.2. The second-order valence-electron chi connectivity index (χ2n) is 6.47. The number of nitrogens with zero attached hydrogens (tertiary/aromatic N) is 4. The minimum absolute atomic E-state index is 0.165. The van der Waals surface area contributed by atoms with E-state index in [9.17, 15) is 9.59 Å². The zero-order chi connectivity index (χ0) is 18.8. The van der Waals surface area contributed by atoms with E-state index in [1.807, 2.05) is 38.1 Å². The van der Waals surface area contributed by atoms with Gasteiger partial charge in [-0.3, -0.25) is 4.79 Å². The lowest BCUT2D eigenvalue weighted by Crippen LogP contribution is -2.28. The quantitative estimate of drug-likeness (QED) is 0.697. The number of thioether (sulfide) groups is 1. The molecule has 1 aromatic carbocycles. The number of benzene rings is 1. The van der Waals surface area contributed by atoms with E-state index in [4.69, 9.17) is 0 Å². The number of hydrogen-bond donors (Lipinski definition) is 1. The highest BCUT2D eigenvalue weighted by Crippen LogP contribution is 2.19. The molecule has 26 heavy (non-hydrogen) atoms. The Labute approximate surface area is 155 Å². The summed E-state index contributed by atoms with van der Waals surface area (Å²) in [6.07, 6.45) is 0. The van der Waals surface area contributed by atoms with Gasteiger partial charge in [0.1, 0.15) is 11.6 Å². The van der Waals surface area contributed by atoms with Crippen LogP contribution < -0.4 is 11.0 Å². The summed E-state index contributed by atoms with van der Waals surface area (Å²) in [4.78, 5) is 24.8. The largest absolute Gasteiger partial charge is 0.367 e. The van der Waals surface area contributed by atoms with Gasteiger partial charge in [-0.1, -0.05) is 19.9 Å². The van der Waals surface area contributed by atoms with Crippen molar-refractivity contribution >= 4 is 29.0 Å². The van der Waals surface area contributed by atoms with Gasteiger partial charge >= 0.3 is 5.69 Å². The minimum Gasteiger partial charge on any atom is -0.324 e. The smallest absolute Gasteiger partial charge is 0.324 e. The Kier molecular flexibility index (Phi) is 5.13. The van der Waals surface area contributed by atoms with Gasteiger partial charge in [0.2, 0.25) is 5.91 Å². The first-order chi connectivity index (χ1) is 12.3. The Morgan fingerprint density at radius 3 is 2.50 bits per heavy atom. The van der Waals surface area contributed by atoms with Gasteiger partial charge in [-0.05, 0) is 49.2 Å². The van der Waals surface area contributed by atoms with Crippen molar-refractivity contribution < 1.29 is 4.79 Å². The van der Waals surface area contributed by atoms with Crippen molar-refractivity contribution in [2.24, 2.45) is 0 Å². The van der Waals surface area contributed by atoms with Gasteiger partial charge in [-0.25, -0.2) is 9.48 Å². The number of carbonyl (C=O) groups is 1. The number of aromatic nitrogens is 4. The third-order valence-electron chi connectivity index (χ3n) is 3.57. The molecule has 3 rings (SSSR count). The third-order valence-corrected chi connectivity index (χ3v) is 4.50. The minimum atomic E-state index is -0.429. The highest BCUT2D eigenvalue weighted by atomic mass is 32.2. The molecule has 0 aliphatic rings. The third kappa shape index (κ3) is 4.13. The van der Waals surface area contributed by atoms with Crippen LogP contribution in [0.1, 0.15) is 25.0 Å². The Bertz CT molecular complexity index is 1000. The fraction of sp³-hybridized carbons (Fsp3) is 0.333. The van der Waals surface area contributed by atoms with E-state index in [1.165, 1.54) is 4.52 Å². The van der Waals surface area contributed by atoms with Gasteiger partial charge in [-0.15, -0.1) is 16.9 Å². The summed E-state index contributed by atoms with van der Waals surface area (Å²) in [5, 5.41) is 12.4. The van der Waals surface area contributed by atoms with Crippen LogP contribution in [0, 0.1) is 13.8 Å². The summed E-state index contributed by atoms with van der Waals surface area (Å²) in [6.45, 7) is 7.88. The van der Waals surface area contributed by atoms with Gasteiger partial charge in [-0.2, -0.15) is 9.61 Å². The van der Waals surface area contributed by atoms with E-state index in [1.54, 1.807) is 17.8 Å². The number of fused-ring (bicyclic) bond motifs is 1. The molecule has 2 heterocycles. The van der Waals surface area contributed by atoms with Crippen LogP contribution in [0.4, 0.5) is 5.69 Å². The topological polar surface area (TPSA) is 81.3 Å². The molecule has 0 aliphatic carbocycles. The lowest BCUT2D eigenvalue weighted by atomic mass is 10.1. The molecule has 1 amide bonds. The summed E-state index contributed by atoms with van der Waals surface area (Å²) in [6, 6.07) is 9.35. The molecule has 2 aromatic heterocycles. The molecule has 1 N–H and O–H groups in total. The van der Waals surface area contributed by atoms with Crippen molar-refractivity contribution in [1.29, 1.82) is 0 Å². The summed E-state index contributed by atoms with van der Waals surface area (Å²) >= 11 is 1.56. The predicted octanol–water partition coefficient (Wildman–Crippen LogP) is 2.65. The van der Waals surface area contributed by atoms with Crippen LogP contribution >= 0.6 is 11.8 Å². The Morgan fingerprint density at radius 1 is 1.15 bits per heavy atom. The monoisotopic (exact) mass is 371 g/mol. The number of anilines is 1. The molecule has 8 heteroatoms. The molecule has 0 saturated heterocycles. The molecular weight excluding hydrogens is 350 g/mol. The van der Waals surface area contributed by atoms with Gasteiger partial charge in [0.25, 0.3) is 0 Å². The second kappa shape index (κ2) is 7.33. The average molecular weight is 371 g/mol. The van der Waals surface area contributed by atoms with Crippen LogP contribution in [0.3, 0.4) is 0 Å². The lowest BCUT2D eigenvalue weighted by Gasteiger charge is -2.07. The highest BCUT2D eigenvalue weighted by molar-refractivity contribution is 7.99. The molecule has 136 valence electrons. The van der Waals surface area contributed by atoms with Gasteiger partial charge < -0.3 is 5.32 Å². The van der Waals surface area contributed by atoms with Gasteiger partial charge in [0.05, 0.1) is 0 Å². The summed E-state index contributed by atoms with van der Waals surface area (Å²) < 4.78 is 2.36. The normalized spacial score (nSPS) is 11.3. The fourth-order valence-electron chi connectivity index (χ4n) is 2.68. The van der Waals surface area contributed by atoms with Crippen molar-refractivity contribution in [2.45, 2.75) is 44.5 Å². The predicted molar refractivity (Wildman–Crippen MR) is 103 cm³/mol. The van der Waals surface area contributed by atoms with Crippen LogP contribution in [0.2, 0.25) is 0 Å². The zero-order valence-electron chi connectivity index (χ0n) is 15.2. The maximum Gasteiger partial charge on any atom is 0.367 e. The first-order valence-electron chi connectivity index (χ1n) is 8.33. The molecule has 0 bridgehead atoms. The highest BCUT2D eigenvalue weighted by Gasteiger charge is 2.13. The van der Waals surface area contributed by atoms with E-state index < -0.39 is 5.69 Å².